The molecular formula is C23H42N2O6. The van der Waals surface area contributed by atoms with Gasteiger partial charge >= 0.3 is 12.1 Å². The number of carbonyl (C=O) groups is 3. The third-order valence-electron chi connectivity index (χ3n) is 5.68. The summed E-state index contributed by atoms with van der Waals surface area (Å²) in [7, 11) is 0. The number of alkyl carbamates (subject to hydrolysis) is 1. The zero-order chi connectivity index (χ0) is 23.8. The van der Waals surface area contributed by atoms with E-state index in [-0.39, 0.29) is 30.9 Å². The van der Waals surface area contributed by atoms with E-state index in [1.54, 1.807) is 27.7 Å². The SMILES string of the molecule is CCCC(CCC)C(NC(C)=O)[C@H]1[C@@H](O)[C@H](C(=O)OCC)C[C@@H]1NC(=O)OC(C)(C)C. The lowest BCUT2D eigenvalue weighted by Gasteiger charge is -2.37. The van der Waals surface area contributed by atoms with E-state index in [2.05, 4.69) is 24.5 Å². The number of nitrogens with one attached hydrogen (secondary N) is 2. The fourth-order valence-corrected chi connectivity index (χ4v) is 4.65. The van der Waals surface area contributed by atoms with Crippen molar-refractivity contribution in [3.63, 3.8) is 0 Å². The Morgan fingerprint density at radius 2 is 1.68 bits per heavy atom. The monoisotopic (exact) mass is 442 g/mol. The van der Waals surface area contributed by atoms with E-state index < -0.39 is 41.6 Å². The van der Waals surface area contributed by atoms with Crippen LogP contribution < -0.4 is 10.6 Å². The third kappa shape index (κ3) is 8.31. The van der Waals surface area contributed by atoms with E-state index in [1.165, 1.54) is 6.92 Å². The highest BCUT2D eigenvalue weighted by Crippen LogP contribution is 2.39. The van der Waals surface area contributed by atoms with Crippen LogP contribution in [0.15, 0.2) is 0 Å². The Morgan fingerprint density at radius 1 is 1.10 bits per heavy atom. The first-order valence-corrected chi connectivity index (χ1v) is 11.6. The largest absolute Gasteiger partial charge is 0.466 e. The quantitative estimate of drug-likeness (QED) is 0.448. The van der Waals surface area contributed by atoms with Crippen molar-refractivity contribution in [1.29, 1.82) is 0 Å². The lowest BCUT2D eigenvalue weighted by molar-refractivity contribution is -0.151. The fraction of sp³-hybridized carbons (Fsp3) is 0.870. The first kappa shape index (κ1) is 27.2. The van der Waals surface area contributed by atoms with Gasteiger partial charge < -0.3 is 25.2 Å². The Morgan fingerprint density at radius 3 is 2.13 bits per heavy atom. The van der Waals surface area contributed by atoms with Crippen LogP contribution in [-0.4, -0.2) is 53.5 Å². The van der Waals surface area contributed by atoms with E-state index in [9.17, 15) is 19.5 Å². The van der Waals surface area contributed by atoms with Crippen LogP contribution in [0.4, 0.5) is 4.79 Å². The molecule has 0 aromatic carbocycles. The standard InChI is InChI=1S/C23H42N2O6/c1-8-11-15(12-9-2)19(24-14(4)26)18-17(25-22(29)31-23(5,6)7)13-16(20(18)27)21(28)30-10-3/h15-20,27H,8-13H2,1-7H3,(H,24,26)(H,25,29)/t16-,17+,18+,19?,20+/m1/s1. The van der Waals surface area contributed by atoms with Gasteiger partial charge in [-0.15, -0.1) is 0 Å². The molecule has 1 saturated carbocycles. The van der Waals surface area contributed by atoms with Crippen molar-refractivity contribution in [2.75, 3.05) is 6.61 Å². The summed E-state index contributed by atoms with van der Waals surface area (Å²) in [5.41, 5.74) is -0.679. The molecule has 180 valence electrons. The van der Waals surface area contributed by atoms with Gasteiger partial charge in [-0.05, 0) is 52.9 Å². The molecule has 1 aliphatic rings. The van der Waals surface area contributed by atoms with Crippen LogP contribution in [0.2, 0.25) is 0 Å². The molecule has 0 aromatic rings. The topological polar surface area (TPSA) is 114 Å². The Labute approximate surface area is 186 Å². The maximum Gasteiger partial charge on any atom is 0.407 e. The van der Waals surface area contributed by atoms with Gasteiger partial charge in [-0.25, -0.2) is 4.79 Å². The number of hydrogen-bond donors (Lipinski definition) is 3. The summed E-state index contributed by atoms with van der Waals surface area (Å²) in [5.74, 6) is -1.89. The number of carbonyl (C=O) groups excluding carboxylic acids is 3. The van der Waals surface area contributed by atoms with Gasteiger partial charge in [0.05, 0.1) is 18.6 Å². The molecule has 1 rings (SSSR count). The van der Waals surface area contributed by atoms with Crippen LogP contribution in [0.5, 0.6) is 0 Å². The van der Waals surface area contributed by atoms with E-state index in [0.29, 0.717) is 0 Å². The van der Waals surface area contributed by atoms with Gasteiger partial charge in [0.1, 0.15) is 5.60 Å². The molecule has 31 heavy (non-hydrogen) atoms. The predicted molar refractivity (Wildman–Crippen MR) is 118 cm³/mol. The number of ether oxygens (including phenoxy) is 2. The van der Waals surface area contributed by atoms with E-state index in [1.807, 2.05) is 0 Å². The number of aliphatic hydroxyl groups excluding tert-OH is 1. The van der Waals surface area contributed by atoms with Crippen LogP contribution in [0, 0.1) is 17.8 Å². The van der Waals surface area contributed by atoms with Gasteiger partial charge in [-0.2, -0.15) is 0 Å². The molecule has 5 atom stereocenters. The number of rotatable bonds is 10. The number of esters is 1. The molecule has 0 spiro atoms. The van der Waals surface area contributed by atoms with E-state index in [4.69, 9.17) is 9.47 Å². The van der Waals surface area contributed by atoms with Gasteiger partial charge in [0, 0.05) is 24.9 Å². The van der Waals surface area contributed by atoms with Crippen LogP contribution >= 0.6 is 0 Å². The molecule has 0 aromatic heterocycles. The maximum atomic E-state index is 12.5. The molecule has 1 unspecified atom stereocenters. The number of amides is 2. The van der Waals surface area contributed by atoms with Gasteiger partial charge in [0.2, 0.25) is 5.91 Å². The van der Waals surface area contributed by atoms with Crippen molar-refractivity contribution in [3.05, 3.63) is 0 Å². The molecule has 8 nitrogen and oxygen atoms in total. The average molecular weight is 443 g/mol. The van der Waals surface area contributed by atoms with Crippen molar-refractivity contribution >= 4 is 18.0 Å². The zero-order valence-corrected chi connectivity index (χ0v) is 20.2. The Bertz CT molecular complexity index is 597. The molecule has 0 heterocycles. The minimum Gasteiger partial charge on any atom is -0.466 e. The Hall–Kier alpha value is -1.83. The molecule has 1 fully saturated rings. The lowest BCUT2D eigenvalue weighted by Crippen LogP contribution is -2.54. The lowest BCUT2D eigenvalue weighted by atomic mass is 9.79. The van der Waals surface area contributed by atoms with Crippen molar-refractivity contribution in [2.24, 2.45) is 17.8 Å². The highest BCUT2D eigenvalue weighted by atomic mass is 16.6. The summed E-state index contributed by atoms with van der Waals surface area (Å²) in [4.78, 5) is 37.1. The van der Waals surface area contributed by atoms with Crippen molar-refractivity contribution in [2.45, 2.75) is 104 Å². The second-order valence-corrected chi connectivity index (χ2v) is 9.48. The van der Waals surface area contributed by atoms with Crippen molar-refractivity contribution in [1.82, 2.24) is 10.6 Å². The average Bonchev–Trinajstić information content (AvgIpc) is 2.94. The van der Waals surface area contributed by atoms with Gasteiger partial charge in [0.15, 0.2) is 0 Å². The molecular weight excluding hydrogens is 400 g/mol. The molecule has 1 aliphatic carbocycles. The second kappa shape index (κ2) is 12.3. The molecule has 0 bridgehead atoms. The summed E-state index contributed by atoms with van der Waals surface area (Å²) in [6.07, 6.45) is 2.15. The number of hydrogen-bond acceptors (Lipinski definition) is 6. The van der Waals surface area contributed by atoms with Crippen LogP contribution in [-0.2, 0) is 19.1 Å². The van der Waals surface area contributed by atoms with Crippen LogP contribution in [0.3, 0.4) is 0 Å². The highest BCUT2D eigenvalue weighted by Gasteiger charge is 2.52. The van der Waals surface area contributed by atoms with Gasteiger partial charge in [0.25, 0.3) is 0 Å². The van der Waals surface area contributed by atoms with Gasteiger partial charge in [-0.3, -0.25) is 9.59 Å². The minimum atomic E-state index is -1.05. The predicted octanol–water partition coefficient (Wildman–Crippen LogP) is 3.16. The summed E-state index contributed by atoms with van der Waals surface area (Å²) in [5, 5.41) is 17.1. The zero-order valence-electron chi connectivity index (χ0n) is 20.2. The second-order valence-electron chi connectivity index (χ2n) is 9.48. The first-order chi connectivity index (χ1) is 14.4. The van der Waals surface area contributed by atoms with Crippen molar-refractivity contribution < 1.29 is 29.0 Å². The van der Waals surface area contributed by atoms with Gasteiger partial charge in [-0.1, -0.05) is 26.7 Å². The first-order valence-electron chi connectivity index (χ1n) is 11.6. The van der Waals surface area contributed by atoms with Crippen LogP contribution in [0.25, 0.3) is 0 Å². The summed E-state index contributed by atoms with van der Waals surface area (Å²) in [6.45, 7) is 12.8. The summed E-state index contributed by atoms with van der Waals surface area (Å²) >= 11 is 0. The minimum absolute atomic E-state index is 0.113. The summed E-state index contributed by atoms with van der Waals surface area (Å²) < 4.78 is 10.6. The van der Waals surface area contributed by atoms with E-state index >= 15 is 0 Å². The third-order valence-corrected chi connectivity index (χ3v) is 5.68. The molecule has 0 saturated heterocycles. The molecule has 8 heteroatoms. The molecule has 0 radical (unpaired) electrons. The van der Waals surface area contributed by atoms with Crippen LogP contribution in [0.1, 0.15) is 80.6 Å². The fourth-order valence-electron chi connectivity index (χ4n) is 4.65. The molecule has 0 aliphatic heterocycles. The molecule has 3 N–H and O–H groups in total. The Balaban J connectivity index is 3.28. The smallest absolute Gasteiger partial charge is 0.407 e. The van der Waals surface area contributed by atoms with E-state index in [0.717, 1.165) is 25.7 Å². The number of aliphatic hydroxyl groups is 1. The maximum absolute atomic E-state index is 12.5. The highest BCUT2D eigenvalue weighted by molar-refractivity contribution is 5.75. The normalized spacial score (nSPS) is 24.5. The molecule has 2 amide bonds. The Kier molecular flexibility index (Phi) is 10.8. The summed E-state index contributed by atoms with van der Waals surface area (Å²) in [6, 6.07) is -0.918. The van der Waals surface area contributed by atoms with Crippen molar-refractivity contribution in [3.8, 4) is 0 Å².